The number of morpholine rings is 1. The summed E-state index contributed by atoms with van der Waals surface area (Å²) in [6.07, 6.45) is 1.50. The maximum atomic E-state index is 5.41. The zero-order valence-corrected chi connectivity index (χ0v) is 10.4. The largest absolute Gasteiger partial charge is 0.379 e. The molecule has 2 saturated heterocycles. The quantitative estimate of drug-likeness (QED) is 0.680. The average Bonchev–Trinajstić information content (AvgIpc) is 2.34. The van der Waals surface area contributed by atoms with Crippen LogP contribution in [0.2, 0.25) is 0 Å². The number of likely N-dealkylation sites (N-methyl/N-ethyl adjacent to an activating group) is 1. The van der Waals surface area contributed by atoms with Crippen molar-refractivity contribution >= 4 is 0 Å². The average molecular weight is 226 g/mol. The Morgan fingerprint density at radius 1 is 1.00 bits per heavy atom. The summed E-state index contributed by atoms with van der Waals surface area (Å²) < 4.78 is 5.41. The summed E-state index contributed by atoms with van der Waals surface area (Å²) in [5, 5.41) is 0. The van der Waals surface area contributed by atoms with Gasteiger partial charge in [0, 0.05) is 39.3 Å². The Morgan fingerprint density at radius 3 is 2.12 bits per heavy atom. The molecule has 4 heteroatoms. The molecule has 0 aromatic heterocycles. The molecule has 2 heterocycles. The van der Waals surface area contributed by atoms with E-state index in [4.69, 9.17) is 4.74 Å². The lowest BCUT2D eigenvalue weighted by atomic mass is 10.2. The van der Waals surface area contributed by atoms with Gasteiger partial charge >= 0.3 is 0 Å². The summed E-state index contributed by atoms with van der Waals surface area (Å²) in [6.45, 7) is 12.7. The fraction of sp³-hybridized carbons (Fsp3) is 0.917. The highest BCUT2D eigenvalue weighted by molar-refractivity contribution is 4.80. The third kappa shape index (κ3) is 2.94. The van der Waals surface area contributed by atoms with Gasteiger partial charge < -0.3 is 9.64 Å². The van der Waals surface area contributed by atoms with Crippen LogP contribution in [-0.2, 0) is 4.74 Å². The van der Waals surface area contributed by atoms with Crippen molar-refractivity contribution in [3.63, 3.8) is 0 Å². The van der Waals surface area contributed by atoms with Crippen molar-refractivity contribution < 1.29 is 4.74 Å². The van der Waals surface area contributed by atoms with Crippen LogP contribution in [0.15, 0.2) is 0 Å². The fourth-order valence-electron chi connectivity index (χ4n) is 2.59. The molecule has 0 N–H and O–H groups in total. The van der Waals surface area contributed by atoms with Crippen molar-refractivity contribution in [2.24, 2.45) is 0 Å². The van der Waals surface area contributed by atoms with Crippen LogP contribution in [-0.4, -0.2) is 80.4 Å². The summed E-state index contributed by atoms with van der Waals surface area (Å²) in [7, 11) is 2.20. The third-order valence-corrected chi connectivity index (χ3v) is 3.68. The van der Waals surface area contributed by atoms with Crippen LogP contribution in [0.4, 0.5) is 0 Å². The molecule has 0 aromatic rings. The molecule has 93 valence electrons. The minimum atomic E-state index is 0.526. The number of nitrogens with zero attached hydrogens (tertiary/aromatic N) is 3. The molecular weight excluding hydrogens is 202 g/mol. The maximum Gasteiger partial charge on any atom is 0.0624 e. The number of piperazine rings is 1. The smallest absolute Gasteiger partial charge is 0.0624 e. The van der Waals surface area contributed by atoms with Gasteiger partial charge in [-0.2, -0.15) is 0 Å². The normalized spacial score (nSPS) is 28.1. The molecule has 2 fully saturated rings. The van der Waals surface area contributed by atoms with E-state index in [-0.39, 0.29) is 0 Å². The summed E-state index contributed by atoms with van der Waals surface area (Å²) in [5.74, 6) is 0. The second kappa shape index (κ2) is 5.96. The van der Waals surface area contributed by atoms with Gasteiger partial charge in [0.1, 0.15) is 0 Å². The zero-order chi connectivity index (χ0) is 11.4. The lowest BCUT2D eigenvalue weighted by molar-refractivity contribution is -0.0436. The van der Waals surface area contributed by atoms with Gasteiger partial charge in [-0.05, 0) is 13.5 Å². The zero-order valence-electron chi connectivity index (χ0n) is 10.4. The van der Waals surface area contributed by atoms with Gasteiger partial charge in [0.15, 0.2) is 0 Å². The van der Waals surface area contributed by atoms with E-state index in [2.05, 4.69) is 28.7 Å². The van der Waals surface area contributed by atoms with E-state index in [9.17, 15) is 0 Å². The standard InChI is InChI=1S/C12H24N3O/c1-3-12(15-8-10-16-11-9-15)14-6-4-13(2)5-7-14/h12H,1,3-11H2,2H3. The van der Waals surface area contributed by atoms with Gasteiger partial charge in [-0.1, -0.05) is 6.92 Å². The predicted molar refractivity (Wildman–Crippen MR) is 65.2 cm³/mol. The fourth-order valence-corrected chi connectivity index (χ4v) is 2.59. The molecule has 0 amide bonds. The summed E-state index contributed by atoms with van der Waals surface area (Å²) in [5.41, 5.74) is 0. The van der Waals surface area contributed by atoms with Gasteiger partial charge in [0.2, 0.25) is 0 Å². The molecule has 1 radical (unpaired) electrons. The number of hydrogen-bond donors (Lipinski definition) is 0. The minimum Gasteiger partial charge on any atom is -0.379 e. The molecule has 0 aliphatic carbocycles. The molecule has 0 bridgehead atoms. The lowest BCUT2D eigenvalue weighted by Gasteiger charge is -2.44. The first-order valence-corrected chi connectivity index (χ1v) is 6.35. The van der Waals surface area contributed by atoms with E-state index in [1.807, 2.05) is 0 Å². The van der Waals surface area contributed by atoms with Crippen molar-refractivity contribution in [3.8, 4) is 0 Å². The molecule has 1 unspecified atom stereocenters. The van der Waals surface area contributed by atoms with Crippen LogP contribution in [0.25, 0.3) is 0 Å². The Bertz CT molecular complexity index is 198. The van der Waals surface area contributed by atoms with E-state index < -0.39 is 0 Å². The van der Waals surface area contributed by atoms with Gasteiger partial charge in [-0.3, -0.25) is 9.80 Å². The van der Waals surface area contributed by atoms with Crippen LogP contribution in [0, 0.1) is 6.92 Å². The molecule has 2 aliphatic rings. The molecule has 0 saturated carbocycles. The molecule has 0 aromatic carbocycles. The van der Waals surface area contributed by atoms with Gasteiger partial charge in [0.05, 0.1) is 19.4 Å². The summed E-state index contributed by atoms with van der Waals surface area (Å²) in [6, 6.07) is 0. The highest BCUT2D eigenvalue weighted by Gasteiger charge is 2.27. The molecule has 1 atom stereocenters. The number of hydrogen-bond acceptors (Lipinski definition) is 4. The minimum absolute atomic E-state index is 0.526. The number of rotatable bonds is 3. The van der Waals surface area contributed by atoms with Crippen LogP contribution < -0.4 is 0 Å². The Labute approximate surface area is 99.1 Å². The van der Waals surface area contributed by atoms with E-state index in [0.29, 0.717) is 6.17 Å². The summed E-state index contributed by atoms with van der Waals surface area (Å²) in [4.78, 5) is 7.51. The van der Waals surface area contributed by atoms with E-state index in [1.165, 1.54) is 26.2 Å². The molecule has 2 aliphatic heterocycles. The molecule has 0 spiro atoms. The van der Waals surface area contributed by atoms with Gasteiger partial charge in [-0.15, -0.1) is 0 Å². The van der Waals surface area contributed by atoms with E-state index >= 15 is 0 Å². The first kappa shape index (κ1) is 12.3. The molecular formula is C12H24N3O. The molecule has 2 rings (SSSR count). The highest BCUT2D eigenvalue weighted by atomic mass is 16.5. The monoisotopic (exact) mass is 226 g/mol. The first-order chi connectivity index (χ1) is 7.81. The highest BCUT2D eigenvalue weighted by Crippen LogP contribution is 2.14. The Hall–Kier alpha value is -0.160. The molecule has 16 heavy (non-hydrogen) atoms. The lowest BCUT2D eigenvalue weighted by Crippen LogP contribution is -2.57. The second-order valence-corrected chi connectivity index (χ2v) is 4.76. The van der Waals surface area contributed by atoms with Crippen molar-refractivity contribution in [1.82, 2.24) is 14.7 Å². The number of ether oxygens (including phenoxy) is 1. The first-order valence-electron chi connectivity index (χ1n) is 6.35. The molecule has 4 nitrogen and oxygen atoms in total. The topological polar surface area (TPSA) is 19.0 Å². The van der Waals surface area contributed by atoms with Crippen LogP contribution in [0.3, 0.4) is 0 Å². The maximum absolute atomic E-state index is 5.41. The second-order valence-electron chi connectivity index (χ2n) is 4.76. The Kier molecular flexibility index (Phi) is 4.58. The van der Waals surface area contributed by atoms with Crippen LogP contribution in [0.5, 0.6) is 0 Å². The van der Waals surface area contributed by atoms with Gasteiger partial charge in [-0.25, -0.2) is 0 Å². The summed E-state index contributed by atoms with van der Waals surface area (Å²) >= 11 is 0. The Morgan fingerprint density at radius 2 is 1.56 bits per heavy atom. The van der Waals surface area contributed by atoms with Crippen molar-refractivity contribution in [1.29, 1.82) is 0 Å². The SMILES string of the molecule is [CH2]CC(N1CCOCC1)N1CCN(C)CC1. The third-order valence-electron chi connectivity index (χ3n) is 3.68. The van der Waals surface area contributed by atoms with Crippen molar-refractivity contribution in [2.45, 2.75) is 12.6 Å². The van der Waals surface area contributed by atoms with Crippen LogP contribution in [0.1, 0.15) is 6.42 Å². The van der Waals surface area contributed by atoms with Crippen molar-refractivity contribution in [3.05, 3.63) is 6.92 Å². The van der Waals surface area contributed by atoms with E-state index in [1.54, 1.807) is 0 Å². The van der Waals surface area contributed by atoms with Crippen molar-refractivity contribution in [2.75, 3.05) is 59.5 Å². The van der Waals surface area contributed by atoms with Gasteiger partial charge in [0.25, 0.3) is 0 Å². The predicted octanol–water partition coefficient (Wildman–Crippen LogP) is 0.116. The Balaban J connectivity index is 1.88. The van der Waals surface area contributed by atoms with E-state index in [0.717, 1.165) is 32.7 Å². The van der Waals surface area contributed by atoms with Crippen LogP contribution >= 0.6 is 0 Å².